The molecule has 0 atom stereocenters. The number of rotatable bonds is 0. The number of thiocarbonyl (C=S) groups is 1. The predicted octanol–water partition coefficient (Wildman–Crippen LogP) is 1.12. The maximum Gasteiger partial charge on any atom is 0.284 e. The van der Waals surface area contributed by atoms with Crippen molar-refractivity contribution in [1.82, 2.24) is 15.0 Å². The van der Waals surface area contributed by atoms with E-state index < -0.39 is 0 Å². The van der Waals surface area contributed by atoms with Crippen LogP contribution in [0.5, 0.6) is 0 Å². The van der Waals surface area contributed by atoms with Crippen LogP contribution in [0.25, 0.3) is 11.0 Å². The molecule has 0 spiro atoms. The molecular weight excluding hydrogens is 174 g/mol. The number of fused-ring (bicyclic) bond motifs is 1. The fraction of sp³-hybridized carbons (Fsp3) is 0. The Hall–Kier alpha value is -1.49. The summed E-state index contributed by atoms with van der Waals surface area (Å²) in [4.78, 5) is 0. The fourth-order valence-corrected chi connectivity index (χ4v) is 1.15. The number of benzene rings is 1. The zero-order chi connectivity index (χ0) is 8.55. The highest BCUT2D eigenvalue weighted by atomic mass is 32.1. The quantitative estimate of drug-likeness (QED) is 0.616. The van der Waals surface area contributed by atoms with E-state index in [1.54, 1.807) is 12.1 Å². The van der Waals surface area contributed by atoms with Gasteiger partial charge in [-0.2, -0.15) is 4.68 Å². The molecule has 0 fully saturated rings. The highest BCUT2D eigenvalue weighted by Gasteiger charge is 2.04. The minimum Gasteiger partial charge on any atom is -0.485 e. The molecular formula is C7H5N3OS. The van der Waals surface area contributed by atoms with E-state index in [4.69, 9.17) is 5.11 Å². The molecule has 0 aliphatic rings. The van der Waals surface area contributed by atoms with Gasteiger partial charge in [-0.25, -0.2) is 0 Å². The van der Waals surface area contributed by atoms with Crippen molar-refractivity contribution in [3.63, 3.8) is 0 Å². The number of para-hydroxylation sites is 1. The normalized spacial score (nSPS) is 10.3. The summed E-state index contributed by atoms with van der Waals surface area (Å²) in [6.45, 7) is 0. The van der Waals surface area contributed by atoms with Crippen LogP contribution in [-0.4, -0.2) is 25.3 Å². The number of aliphatic hydroxyl groups excluding tert-OH is 1. The molecule has 1 N–H and O–H groups in total. The first-order valence-electron chi connectivity index (χ1n) is 3.33. The number of aromatic nitrogens is 3. The van der Waals surface area contributed by atoms with E-state index in [9.17, 15) is 0 Å². The van der Waals surface area contributed by atoms with Crippen molar-refractivity contribution in [2.75, 3.05) is 0 Å². The molecule has 1 heterocycles. The first-order valence-corrected chi connectivity index (χ1v) is 3.73. The lowest BCUT2D eigenvalue weighted by Gasteiger charge is -1.93. The lowest BCUT2D eigenvalue weighted by Crippen LogP contribution is -2.08. The summed E-state index contributed by atoms with van der Waals surface area (Å²) in [5.41, 5.74) is 1.43. The monoisotopic (exact) mass is 179 g/mol. The van der Waals surface area contributed by atoms with Crippen LogP contribution in [-0.2, 0) is 0 Å². The number of hydrogen-bond acceptors (Lipinski definition) is 3. The molecule has 2 rings (SSSR count). The van der Waals surface area contributed by atoms with Gasteiger partial charge in [-0.15, -0.1) is 5.10 Å². The van der Waals surface area contributed by atoms with Crippen LogP contribution in [0.4, 0.5) is 0 Å². The van der Waals surface area contributed by atoms with Crippen molar-refractivity contribution in [3.8, 4) is 0 Å². The summed E-state index contributed by atoms with van der Waals surface area (Å²) in [6, 6.07) is 7.28. The zero-order valence-corrected chi connectivity index (χ0v) is 6.82. The van der Waals surface area contributed by atoms with Gasteiger partial charge in [0.05, 0.1) is 5.52 Å². The van der Waals surface area contributed by atoms with Crippen LogP contribution in [0.1, 0.15) is 0 Å². The highest BCUT2D eigenvalue weighted by Crippen LogP contribution is 2.08. The van der Waals surface area contributed by atoms with Crippen molar-refractivity contribution in [2.24, 2.45) is 0 Å². The van der Waals surface area contributed by atoms with Crippen LogP contribution in [0.2, 0.25) is 0 Å². The molecule has 5 heteroatoms. The summed E-state index contributed by atoms with van der Waals surface area (Å²) in [6.07, 6.45) is 0. The molecule has 4 nitrogen and oxygen atoms in total. The molecule has 0 bridgehead atoms. The molecule has 0 radical (unpaired) electrons. The van der Waals surface area contributed by atoms with Gasteiger partial charge in [0.15, 0.2) is 0 Å². The Bertz CT molecular complexity index is 437. The van der Waals surface area contributed by atoms with Crippen LogP contribution in [0, 0.1) is 0 Å². The standard InChI is InChI=1S/C7H5N3OS/c11-7(12)10-6-4-2-1-3-5(6)8-9-10/h1-4H,(H,11,12). The zero-order valence-electron chi connectivity index (χ0n) is 6.01. The Labute approximate surface area is 73.4 Å². The Morgan fingerprint density at radius 2 is 2.17 bits per heavy atom. The third kappa shape index (κ3) is 0.947. The van der Waals surface area contributed by atoms with E-state index in [0.717, 1.165) is 0 Å². The Morgan fingerprint density at radius 1 is 1.42 bits per heavy atom. The van der Waals surface area contributed by atoms with E-state index in [0.29, 0.717) is 11.0 Å². The number of hydrogen-bond donors (Lipinski definition) is 1. The smallest absolute Gasteiger partial charge is 0.284 e. The highest BCUT2D eigenvalue weighted by molar-refractivity contribution is 7.80. The minimum atomic E-state index is -0.288. The summed E-state index contributed by atoms with van der Waals surface area (Å²) in [5.74, 6) is 0. The average molecular weight is 179 g/mol. The minimum absolute atomic E-state index is 0.288. The van der Waals surface area contributed by atoms with Crippen molar-refractivity contribution in [1.29, 1.82) is 0 Å². The molecule has 0 unspecified atom stereocenters. The van der Waals surface area contributed by atoms with E-state index in [1.807, 2.05) is 12.1 Å². The van der Waals surface area contributed by atoms with Crippen LogP contribution < -0.4 is 0 Å². The molecule has 2 aromatic rings. The number of aliphatic hydroxyl groups is 1. The third-order valence-electron chi connectivity index (χ3n) is 1.53. The van der Waals surface area contributed by atoms with Crippen molar-refractivity contribution in [2.45, 2.75) is 0 Å². The predicted molar refractivity (Wildman–Crippen MR) is 48.2 cm³/mol. The topological polar surface area (TPSA) is 50.9 Å². The second-order valence-corrected chi connectivity index (χ2v) is 2.64. The van der Waals surface area contributed by atoms with Gasteiger partial charge in [0.2, 0.25) is 0 Å². The van der Waals surface area contributed by atoms with Gasteiger partial charge < -0.3 is 5.11 Å². The number of nitrogens with zero attached hydrogens (tertiary/aromatic N) is 3. The maximum absolute atomic E-state index is 9.00. The maximum atomic E-state index is 9.00. The molecule has 1 aromatic carbocycles. The van der Waals surface area contributed by atoms with Crippen molar-refractivity contribution >= 4 is 28.4 Å². The van der Waals surface area contributed by atoms with Crippen LogP contribution >= 0.6 is 12.2 Å². The van der Waals surface area contributed by atoms with Crippen LogP contribution in [0.15, 0.2) is 24.3 Å². The molecule has 0 saturated heterocycles. The summed E-state index contributed by atoms with van der Waals surface area (Å²) >= 11 is 4.56. The van der Waals surface area contributed by atoms with E-state index in [-0.39, 0.29) is 5.17 Å². The average Bonchev–Trinajstić information content (AvgIpc) is 2.47. The van der Waals surface area contributed by atoms with E-state index in [2.05, 4.69) is 22.5 Å². The van der Waals surface area contributed by atoms with E-state index >= 15 is 0 Å². The largest absolute Gasteiger partial charge is 0.485 e. The summed E-state index contributed by atoms with van der Waals surface area (Å²) < 4.78 is 1.21. The Morgan fingerprint density at radius 3 is 2.92 bits per heavy atom. The van der Waals surface area contributed by atoms with Gasteiger partial charge in [-0.1, -0.05) is 17.3 Å². The Balaban J connectivity index is 2.79. The van der Waals surface area contributed by atoms with E-state index in [1.165, 1.54) is 4.68 Å². The Kier molecular flexibility index (Phi) is 1.51. The second kappa shape index (κ2) is 2.53. The van der Waals surface area contributed by atoms with Crippen molar-refractivity contribution < 1.29 is 5.11 Å². The second-order valence-electron chi connectivity index (χ2n) is 2.27. The molecule has 0 saturated carbocycles. The van der Waals surface area contributed by atoms with Crippen molar-refractivity contribution in [3.05, 3.63) is 24.3 Å². The van der Waals surface area contributed by atoms with Gasteiger partial charge in [0.25, 0.3) is 5.17 Å². The summed E-state index contributed by atoms with van der Waals surface area (Å²) in [5, 5.41) is 16.2. The van der Waals surface area contributed by atoms with Gasteiger partial charge >= 0.3 is 0 Å². The lowest BCUT2D eigenvalue weighted by molar-refractivity contribution is 0.528. The van der Waals surface area contributed by atoms with Gasteiger partial charge in [-0.05, 0) is 24.4 Å². The SMILES string of the molecule is OC(=S)n1nnc2ccccc21. The molecule has 1 aromatic heterocycles. The summed E-state index contributed by atoms with van der Waals surface area (Å²) in [7, 11) is 0. The molecule has 0 amide bonds. The molecule has 60 valence electrons. The third-order valence-corrected chi connectivity index (χ3v) is 1.71. The van der Waals surface area contributed by atoms with Gasteiger partial charge in [0, 0.05) is 0 Å². The molecule has 0 aliphatic carbocycles. The fourth-order valence-electron chi connectivity index (χ4n) is 1.01. The molecule has 12 heavy (non-hydrogen) atoms. The lowest BCUT2D eigenvalue weighted by atomic mass is 10.3. The molecule has 0 aliphatic heterocycles. The van der Waals surface area contributed by atoms with Gasteiger partial charge in [-0.3, -0.25) is 0 Å². The van der Waals surface area contributed by atoms with Gasteiger partial charge in [0.1, 0.15) is 5.52 Å². The first-order chi connectivity index (χ1) is 5.79. The van der Waals surface area contributed by atoms with Crippen LogP contribution in [0.3, 0.4) is 0 Å². The first kappa shape index (κ1) is 7.17.